The summed E-state index contributed by atoms with van der Waals surface area (Å²) in [7, 11) is 0. The number of hydrogen-bond donors (Lipinski definition) is 2. The smallest absolute Gasteiger partial charge is 0.129 e. The van der Waals surface area contributed by atoms with Crippen LogP contribution in [0.5, 0.6) is 0 Å². The van der Waals surface area contributed by atoms with Crippen LogP contribution < -0.4 is 11.3 Å². The molecule has 1 aromatic heterocycles. The predicted octanol–water partition coefficient (Wildman–Crippen LogP) is 2.76. The maximum Gasteiger partial charge on any atom is 0.129 e. The monoisotopic (exact) mass is 283 g/mol. The van der Waals surface area contributed by atoms with Crippen molar-refractivity contribution in [2.75, 3.05) is 0 Å². The Labute approximate surface area is 114 Å². The first-order chi connectivity index (χ1) is 9.11. The molecule has 3 N–H and O–H groups in total. The van der Waals surface area contributed by atoms with E-state index in [1.165, 1.54) is 18.3 Å². The van der Waals surface area contributed by atoms with Crippen molar-refractivity contribution in [3.05, 3.63) is 64.4 Å². The second kappa shape index (κ2) is 6.06. The van der Waals surface area contributed by atoms with Crippen molar-refractivity contribution >= 4 is 11.6 Å². The van der Waals surface area contributed by atoms with E-state index < -0.39 is 11.6 Å². The van der Waals surface area contributed by atoms with Gasteiger partial charge in [-0.3, -0.25) is 16.3 Å². The quantitative estimate of drug-likeness (QED) is 0.670. The van der Waals surface area contributed by atoms with Crippen molar-refractivity contribution in [2.45, 2.75) is 12.5 Å². The Hall–Kier alpha value is -1.56. The number of rotatable bonds is 4. The van der Waals surface area contributed by atoms with Gasteiger partial charge in [-0.15, -0.1) is 0 Å². The summed E-state index contributed by atoms with van der Waals surface area (Å²) in [6, 6.07) is 4.77. The van der Waals surface area contributed by atoms with Gasteiger partial charge in [0, 0.05) is 18.5 Å². The molecule has 0 radical (unpaired) electrons. The first-order valence-corrected chi connectivity index (χ1v) is 5.99. The summed E-state index contributed by atoms with van der Waals surface area (Å²) < 4.78 is 26.5. The van der Waals surface area contributed by atoms with Gasteiger partial charge in [-0.25, -0.2) is 8.78 Å². The number of halogens is 3. The van der Waals surface area contributed by atoms with Crippen LogP contribution in [0.15, 0.2) is 36.7 Å². The number of pyridine rings is 1. The molecule has 2 aromatic rings. The molecule has 1 atom stereocenters. The fourth-order valence-corrected chi connectivity index (χ4v) is 2.09. The highest BCUT2D eigenvalue weighted by Crippen LogP contribution is 2.25. The second-order valence-electron chi connectivity index (χ2n) is 4.06. The van der Waals surface area contributed by atoms with E-state index in [1.54, 1.807) is 12.3 Å². The highest BCUT2D eigenvalue weighted by atomic mass is 35.5. The topological polar surface area (TPSA) is 50.9 Å². The molecule has 1 aromatic carbocycles. The number of hydrogen-bond acceptors (Lipinski definition) is 3. The molecule has 3 nitrogen and oxygen atoms in total. The van der Waals surface area contributed by atoms with Crippen molar-refractivity contribution in [3.8, 4) is 0 Å². The molecule has 0 aliphatic heterocycles. The summed E-state index contributed by atoms with van der Waals surface area (Å²) >= 11 is 6.02. The highest BCUT2D eigenvalue weighted by molar-refractivity contribution is 6.31. The lowest BCUT2D eigenvalue weighted by Crippen LogP contribution is -2.30. The van der Waals surface area contributed by atoms with Gasteiger partial charge in [-0.2, -0.15) is 0 Å². The van der Waals surface area contributed by atoms with Crippen molar-refractivity contribution in [1.82, 2.24) is 10.4 Å². The van der Waals surface area contributed by atoms with Gasteiger partial charge < -0.3 is 0 Å². The lowest BCUT2D eigenvalue weighted by atomic mass is 10.00. The Balaban J connectivity index is 2.27. The summed E-state index contributed by atoms with van der Waals surface area (Å²) in [5.74, 6) is 4.26. The molecule has 0 saturated carbocycles. The van der Waals surface area contributed by atoms with Crippen molar-refractivity contribution in [1.29, 1.82) is 0 Å². The normalized spacial score (nSPS) is 12.4. The Bertz CT molecular complexity index is 578. The summed E-state index contributed by atoms with van der Waals surface area (Å²) in [6.07, 6.45) is 3.32. The minimum Gasteiger partial charge on any atom is -0.271 e. The third-order valence-corrected chi connectivity index (χ3v) is 3.14. The van der Waals surface area contributed by atoms with E-state index >= 15 is 0 Å². The van der Waals surface area contributed by atoms with Crippen molar-refractivity contribution < 1.29 is 8.78 Å². The lowest BCUT2D eigenvalue weighted by molar-refractivity contribution is 0.521. The molecule has 2 rings (SSSR count). The number of hydrazine groups is 1. The minimum atomic E-state index is -0.611. The van der Waals surface area contributed by atoms with E-state index in [0.717, 1.165) is 6.07 Å². The van der Waals surface area contributed by atoms with Crippen LogP contribution in [0, 0.1) is 11.6 Å². The van der Waals surface area contributed by atoms with E-state index in [2.05, 4.69) is 10.4 Å². The maximum absolute atomic E-state index is 13.6. The Kier molecular flexibility index (Phi) is 4.42. The Morgan fingerprint density at radius 1 is 1.32 bits per heavy atom. The molecule has 0 aliphatic rings. The van der Waals surface area contributed by atoms with Gasteiger partial charge in [0.25, 0.3) is 0 Å². The highest BCUT2D eigenvalue weighted by Gasteiger charge is 2.16. The predicted molar refractivity (Wildman–Crippen MR) is 69.4 cm³/mol. The number of aromatic nitrogens is 1. The fourth-order valence-electron chi connectivity index (χ4n) is 1.83. The molecule has 100 valence electrons. The Morgan fingerprint density at radius 2 is 2.11 bits per heavy atom. The number of nitrogens with zero attached hydrogens (tertiary/aromatic N) is 1. The summed E-state index contributed by atoms with van der Waals surface area (Å²) in [4.78, 5) is 3.87. The van der Waals surface area contributed by atoms with Gasteiger partial charge in [0.2, 0.25) is 0 Å². The molecule has 0 fully saturated rings. The third kappa shape index (κ3) is 3.26. The molecule has 1 unspecified atom stereocenters. The van der Waals surface area contributed by atoms with Crippen molar-refractivity contribution in [3.63, 3.8) is 0 Å². The van der Waals surface area contributed by atoms with Gasteiger partial charge in [-0.1, -0.05) is 17.7 Å². The Morgan fingerprint density at radius 3 is 2.74 bits per heavy atom. The van der Waals surface area contributed by atoms with E-state index in [4.69, 9.17) is 17.4 Å². The first-order valence-electron chi connectivity index (χ1n) is 5.61. The minimum absolute atomic E-state index is 0.256. The maximum atomic E-state index is 13.6. The molecule has 6 heteroatoms. The zero-order chi connectivity index (χ0) is 13.8. The zero-order valence-electron chi connectivity index (χ0n) is 9.91. The fraction of sp³-hybridized carbons (Fsp3) is 0.154. The lowest BCUT2D eigenvalue weighted by Gasteiger charge is -2.17. The van der Waals surface area contributed by atoms with Crippen LogP contribution in [0.25, 0.3) is 0 Å². The number of benzene rings is 1. The average Bonchev–Trinajstić information content (AvgIpc) is 2.39. The van der Waals surface area contributed by atoms with E-state index in [-0.39, 0.29) is 12.5 Å². The van der Waals surface area contributed by atoms with Gasteiger partial charge in [0.1, 0.15) is 11.6 Å². The number of nitrogens with one attached hydrogen (secondary N) is 1. The van der Waals surface area contributed by atoms with E-state index in [1.807, 2.05) is 0 Å². The van der Waals surface area contributed by atoms with Crippen LogP contribution in [0.4, 0.5) is 8.78 Å². The zero-order valence-corrected chi connectivity index (χ0v) is 10.7. The van der Waals surface area contributed by atoms with Gasteiger partial charge in [0.05, 0.1) is 11.1 Å². The second-order valence-corrected chi connectivity index (χ2v) is 4.46. The molecule has 0 bridgehead atoms. The molecule has 1 heterocycles. The SMILES string of the molecule is NNC(Cc1ccc(F)cc1F)c1ccncc1Cl. The van der Waals surface area contributed by atoms with Crippen LogP contribution in [0.3, 0.4) is 0 Å². The van der Waals surface area contributed by atoms with E-state index in [9.17, 15) is 8.78 Å². The molecule has 0 amide bonds. The van der Waals surface area contributed by atoms with Crippen LogP contribution in [0.2, 0.25) is 5.02 Å². The summed E-state index contributed by atoms with van der Waals surface area (Å²) in [5, 5.41) is 0.438. The van der Waals surface area contributed by atoms with Gasteiger partial charge in [0.15, 0.2) is 0 Å². The van der Waals surface area contributed by atoms with Crippen LogP contribution in [-0.4, -0.2) is 4.98 Å². The number of nitrogens with two attached hydrogens (primary N) is 1. The first kappa shape index (κ1) is 13.9. The summed E-state index contributed by atoms with van der Waals surface area (Å²) in [6.45, 7) is 0. The average molecular weight is 284 g/mol. The molecular formula is C13H12ClF2N3. The molecule has 0 spiro atoms. The largest absolute Gasteiger partial charge is 0.271 e. The molecule has 0 aliphatic carbocycles. The molecule has 19 heavy (non-hydrogen) atoms. The standard InChI is InChI=1S/C13H12ClF2N3/c14-11-7-18-4-3-10(11)13(19-17)5-8-1-2-9(15)6-12(8)16/h1-4,6-7,13,19H,5,17H2. The van der Waals surface area contributed by atoms with Gasteiger partial charge >= 0.3 is 0 Å². The van der Waals surface area contributed by atoms with Crippen LogP contribution >= 0.6 is 11.6 Å². The van der Waals surface area contributed by atoms with Gasteiger partial charge in [-0.05, 0) is 29.7 Å². The molecular weight excluding hydrogens is 272 g/mol. The van der Waals surface area contributed by atoms with Crippen LogP contribution in [-0.2, 0) is 6.42 Å². The van der Waals surface area contributed by atoms with E-state index in [0.29, 0.717) is 16.1 Å². The molecule has 0 saturated heterocycles. The third-order valence-electron chi connectivity index (χ3n) is 2.82. The van der Waals surface area contributed by atoms with Crippen molar-refractivity contribution in [2.24, 2.45) is 5.84 Å². The summed E-state index contributed by atoms with van der Waals surface area (Å²) in [5.41, 5.74) is 3.65. The van der Waals surface area contributed by atoms with Crippen LogP contribution in [0.1, 0.15) is 17.2 Å².